The SMILES string of the molecule is COc1ccc(S(=O)(=O)N(CC(=O)N(Cc2ccccc2C)[C@H](Cc2ccccc2)C(=O)NC(C)(C)C)c2ccc(F)cc2)cc1OC. The first kappa shape index (κ1) is 35.9. The second-order valence-corrected chi connectivity index (χ2v) is 14.3. The summed E-state index contributed by atoms with van der Waals surface area (Å²) < 4.78 is 54.2. The quantitative estimate of drug-likeness (QED) is 0.189. The van der Waals surface area contributed by atoms with Crippen LogP contribution >= 0.6 is 0 Å². The average Bonchev–Trinajstić information content (AvgIpc) is 3.05. The monoisotopic (exact) mass is 675 g/mol. The van der Waals surface area contributed by atoms with Crippen molar-refractivity contribution in [2.75, 3.05) is 25.1 Å². The Morgan fingerprint density at radius 3 is 2.08 bits per heavy atom. The number of nitrogens with zero attached hydrogens (tertiary/aromatic N) is 2. The van der Waals surface area contributed by atoms with Gasteiger partial charge >= 0.3 is 0 Å². The third-order valence-electron chi connectivity index (χ3n) is 7.71. The minimum Gasteiger partial charge on any atom is -0.493 e. The van der Waals surface area contributed by atoms with Gasteiger partial charge in [0.05, 0.1) is 24.8 Å². The standard InChI is InChI=1S/C37H42FN3O6S/c1-26-12-10-11-15-28(26)24-40(32(36(43)39-37(2,3)4)22-27-13-8-7-9-14-27)35(42)25-41(30-18-16-29(38)17-19-30)48(44,45)31-20-21-33(46-5)34(23-31)47-6/h7-21,23,32H,22,24-25H2,1-6H3,(H,39,43)/t32-/m1/s1. The topological polar surface area (TPSA) is 105 Å². The lowest BCUT2D eigenvalue weighted by atomic mass is 10.00. The highest BCUT2D eigenvalue weighted by Crippen LogP contribution is 2.32. The summed E-state index contributed by atoms with van der Waals surface area (Å²) >= 11 is 0. The number of amides is 2. The van der Waals surface area contributed by atoms with Crippen LogP contribution in [0.1, 0.15) is 37.5 Å². The normalized spacial score (nSPS) is 12.1. The fraction of sp³-hybridized carbons (Fsp3) is 0.297. The molecule has 4 rings (SSSR count). The summed E-state index contributed by atoms with van der Waals surface area (Å²) in [5, 5.41) is 3.01. The molecule has 2 amide bonds. The zero-order chi connectivity index (χ0) is 35.1. The van der Waals surface area contributed by atoms with Gasteiger partial charge in [0.1, 0.15) is 18.4 Å². The maximum atomic E-state index is 14.6. The zero-order valence-corrected chi connectivity index (χ0v) is 28.9. The van der Waals surface area contributed by atoms with Gasteiger partial charge in [-0.3, -0.25) is 13.9 Å². The Morgan fingerprint density at radius 1 is 0.854 bits per heavy atom. The van der Waals surface area contributed by atoms with Gasteiger partial charge in [0.25, 0.3) is 10.0 Å². The molecule has 1 N–H and O–H groups in total. The lowest BCUT2D eigenvalue weighted by molar-refractivity contribution is -0.140. The molecule has 0 fully saturated rings. The van der Waals surface area contributed by atoms with E-state index >= 15 is 0 Å². The van der Waals surface area contributed by atoms with Crippen LogP contribution in [0.15, 0.2) is 102 Å². The van der Waals surface area contributed by atoms with E-state index in [9.17, 15) is 22.4 Å². The van der Waals surface area contributed by atoms with Crippen LogP contribution in [-0.4, -0.2) is 57.5 Å². The molecule has 0 unspecified atom stereocenters. The van der Waals surface area contributed by atoms with Crippen molar-refractivity contribution in [2.24, 2.45) is 0 Å². The second-order valence-electron chi connectivity index (χ2n) is 12.4. The lowest BCUT2D eigenvalue weighted by Crippen LogP contribution is -2.56. The number of rotatable bonds is 13. The van der Waals surface area contributed by atoms with Gasteiger partial charge in [0.15, 0.2) is 11.5 Å². The smallest absolute Gasteiger partial charge is 0.264 e. The van der Waals surface area contributed by atoms with E-state index in [4.69, 9.17) is 9.47 Å². The van der Waals surface area contributed by atoms with Gasteiger partial charge < -0.3 is 19.7 Å². The number of halogens is 1. The van der Waals surface area contributed by atoms with Gasteiger partial charge in [0.2, 0.25) is 11.8 Å². The van der Waals surface area contributed by atoms with Gasteiger partial charge in [-0.25, -0.2) is 12.8 Å². The number of anilines is 1. The van der Waals surface area contributed by atoms with Crippen molar-refractivity contribution in [3.8, 4) is 11.5 Å². The summed E-state index contributed by atoms with van der Waals surface area (Å²) in [6.45, 7) is 6.82. The minimum absolute atomic E-state index is 0.0359. The zero-order valence-electron chi connectivity index (χ0n) is 28.1. The molecule has 0 heterocycles. The predicted molar refractivity (Wildman–Crippen MR) is 184 cm³/mol. The molecule has 1 atom stereocenters. The Bertz CT molecular complexity index is 1830. The van der Waals surface area contributed by atoms with Crippen LogP contribution in [0.2, 0.25) is 0 Å². The van der Waals surface area contributed by atoms with Crippen molar-refractivity contribution in [3.05, 3.63) is 120 Å². The number of carbonyl (C=O) groups is 2. The molecule has 9 nitrogen and oxygen atoms in total. The Kier molecular flexibility index (Phi) is 11.5. The van der Waals surface area contributed by atoms with Crippen molar-refractivity contribution in [3.63, 3.8) is 0 Å². The third-order valence-corrected chi connectivity index (χ3v) is 9.48. The molecule has 0 aliphatic carbocycles. The summed E-state index contributed by atoms with van der Waals surface area (Å²) in [7, 11) is -1.63. The summed E-state index contributed by atoms with van der Waals surface area (Å²) in [5.74, 6) is -1.09. The van der Waals surface area contributed by atoms with Crippen LogP contribution < -0.4 is 19.1 Å². The summed E-state index contributed by atoms with van der Waals surface area (Å²) in [6.07, 6.45) is 0.180. The molecular formula is C37H42FN3O6S. The van der Waals surface area contributed by atoms with Gasteiger partial charge in [-0.2, -0.15) is 0 Å². The third kappa shape index (κ3) is 8.92. The van der Waals surface area contributed by atoms with Crippen LogP contribution in [0.5, 0.6) is 11.5 Å². The molecule has 0 aliphatic rings. The van der Waals surface area contributed by atoms with Crippen molar-refractivity contribution < 1.29 is 31.9 Å². The first-order chi connectivity index (χ1) is 22.7. The van der Waals surface area contributed by atoms with Gasteiger partial charge in [-0.15, -0.1) is 0 Å². The molecule has 48 heavy (non-hydrogen) atoms. The molecular weight excluding hydrogens is 633 g/mol. The van der Waals surface area contributed by atoms with Crippen LogP contribution in [0.25, 0.3) is 0 Å². The second kappa shape index (κ2) is 15.3. The maximum Gasteiger partial charge on any atom is 0.264 e. The van der Waals surface area contributed by atoms with Crippen molar-refractivity contribution >= 4 is 27.5 Å². The van der Waals surface area contributed by atoms with Crippen LogP contribution in [0.4, 0.5) is 10.1 Å². The minimum atomic E-state index is -4.44. The molecule has 0 aliphatic heterocycles. The Hall–Kier alpha value is -4.90. The number of benzene rings is 4. The maximum absolute atomic E-state index is 14.6. The van der Waals surface area contributed by atoms with E-state index in [2.05, 4.69) is 5.32 Å². The van der Waals surface area contributed by atoms with Gasteiger partial charge in [-0.05, 0) is 80.8 Å². The summed E-state index contributed by atoms with van der Waals surface area (Å²) in [5.41, 5.74) is 1.97. The number of hydrogen-bond acceptors (Lipinski definition) is 6. The largest absolute Gasteiger partial charge is 0.493 e. The van der Waals surface area contributed by atoms with Crippen LogP contribution in [0, 0.1) is 12.7 Å². The number of sulfonamides is 1. The molecule has 4 aromatic carbocycles. The highest BCUT2D eigenvalue weighted by molar-refractivity contribution is 7.92. The summed E-state index contributed by atoms with van der Waals surface area (Å²) in [6, 6.07) is 24.8. The number of methoxy groups -OCH3 is 2. The van der Waals surface area contributed by atoms with E-state index < -0.39 is 39.9 Å². The molecule has 0 radical (unpaired) electrons. The summed E-state index contributed by atoms with van der Waals surface area (Å²) in [4.78, 5) is 29.9. The predicted octanol–water partition coefficient (Wildman–Crippen LogP) is 5.90. The van der Waals surface area contributed by atoms with Crippen molar-refractivity contribution in [1.29, 1.82) is 0 Å². The van der Waals surface area contributed by atoms with Crippen molar-refractivity contribution in [2.45, 2.75) is 57.1 Å². The fourth-order valence-corrected chi connectivity index (χ4v) is 6.65. The lowest BCUT2D eigenvalue weighted by Gasteiger charge is -2.35. The van der Waals surface area contributed by atoms with Gasteiger partial charge in [0, 0.05) is 24.6 Å². The molecule has 254 valence electrons. The molecule has 0 saturated carbocycles. The molecule has 0 spiro atoms. The molecule has 0 aromatic heterocycles. The number of nitrogens with one attached hydrogen (secondary N) is 1. The molecule has 0 saturated heterocycles. The highest BCUT2D eigenvalue weighted by Gasteiger charge is 2.36. The molecule has 0 bridgehead atoms. The number of hydrogen-bond donors (Lipinski definition) is 1. The van der Waals surface area contributed by atoms with Gasteiger partial charge in [-0.1, -0.05) is 54.6 Å². The number of aryl methyl sites for hydroxylation is 1. The van der Waals surface area contributed by atoms with E-state index in [0.717, 1.165) is 33.1 Å². The Morgan fingerprint density at radius 2 is 1.48 bits per heavy atom. The van der Waals surface area contributed by atoms with E-state index in [-0.39, 0.29) is 35.2 Å². The highest BCUT2D eigenvalue weighted by atomic mass is 32.2. The molecule has 4 aromatic rings. The Balaban J connectivity index is 1.85. The number of carbonyl (C=O) groups excluding carboxylic acids is 2. The first-order valence-corrected chi connectivity index (χ1v) is 16.9. The van der Waals surface area contributed by atoms with E-state index in [1.807, 2.05) is 82.3 Å². The van der Waals surface area contributed by atoms with Crippen LogP contribution in [-0.2, 0) is 32.6 Å². The van der Waals surface area contributed by atoms with E-state index in [1.54, 1.807) is 0 Å². The van der Waals surface area contributed by atoms with Crippen molar-refractivity contribution in [1.82, 2.24) is 10.2 Å². The first-order valence-electron chi connectivity index (χ1n) is 15.4. The Labute approximate surface area is 282 Å². The average molecular weight is 676 g/mol. The molecule has 11 heteroatoms. The number of ether oxygens (including phenoxy) is 2. The fourth-order valence-electron chi connectivity index (χ4n) is 5.22. The van der Waals surface area contributed by atoms with E-state index in [1.165, 1.54) is 49.5 Å². The van der Waals surface area contributed by atoms with E-state index in [0.29, 0.717) is 5.75 Å². The van der Waals surface area contributed by atoms with Crippen LogP contribution in [0.3, 0.4) is 0 Å².